The lowest BCUT2D eigenvalue weighted by molar-refractivity contribution is 0.123. The van der Waals surface area contributed by atoms with Gasteiger partial charge in [0.05, 0.1) is 40.9 Å². The number of nitrogen functional groups attached to an aromatic ring is 1. The fourth-order valence-corrected chi connectivity index (χ4v) is 3.84. The van der Waals surface area contributed by atoms with E-state index in [9.17, 15) is 8.42 Å². The number of rotatable bonds is 1. The number of sulfone groups is 1. The Balaban J connectivity index is 2.06. The van der Waals surface area contributed by atoms with E-state index in [1.54, 1.807) is 12.1 Å². The molecule has 1 saturated heterocycles. The van der Waals surface area contributed by atoms with Gasteiger partial charge in [0.2, 0.25) is 0 Å². The highest BCUT2D eigenvalue weighted by molar-refractivity contribution is 7.91. The van der Waals surface area contributed by atoms with E-state index in [0.717, 1.165) is 18.8 Å². The van der Waals surface area contributed by atoms with E-state index >= 15 is 0 Å². The molecule has 3 N–H and O–H groups in total. The van der Waals surface area contributed by atoms with Gasteiger partial charge in [-0.25, -0.2) is 8.42 Å². The zero-order chi connectivity index (χ0) is 13.5. The predicted octanol–water partition coefficient (Wildman–Crippen LogP) is 0.305. The topological polar surface area (TPSA) is 84.7 Å². The van der Waals surface area contributed by atoms with Crippen LogP contribution < -0.4 is 16.0 Å². The molecule has 3 rings (SSSR count). The number of fused-ring (bicyclic) bond motifs is 1. The molecule has 6 nitrogen and oxygen atoms in total. The number of hydrogen-bond donors (Lipinski definition) is 2. The van der Waals surface area contributed by atoms with Gasteiger partial charge in [-0.05, 0) is 12.1 Å². The van der Waals surface area contributed by atoms with Crippen molar-refractivity contribution in [2.75, 3.05) is 54.6 Å². The first kappa shape index (κ1) is 12.6. The molecule has 0 bridgehead atoms. The number of benzene rings is 1. The molecule has 0 atom stereocenters. The number of morpholine rings is 1. The molecule has 104 valence electrons. The molecule has 2 aliphatic heterocycles. The van der Waals surface area contributed by atoms with Gasteiger partial charge in [-0.3, -0.25) is 0 Å². The lowest BCUT2D eigenvalue weighted by atomic mass is 10.2. The lowest BCUT2D eigenvalue weighted by Crippen LogP contribution is -2.37. The highest BCUT2D eigenvalue weighted by Crippen LogP contribution is 2.35. The molecule has 0 saturated carbocycles. The monoisotopic (exact) mass is 283 g/mol. The van der Waals surface area contributed by atoms with Crippen LogP contribution in [0.4, 0.5) is 17.1 Å². The SMILES string of the molecule is Nc1cc2c(cc1N1CCOCC1)S(=O)(=O)CCN2. The maximum atomic E-state index is 12.1. The molecule has 7 heteroatoms. The van der Waals surface area contributed by atoms with Crippen molar-refractivity contribution >= 4 is 26.9 Å². The summed E-state index contributed by atoms with van der Waals surface area (Å²) in [5.74, 6) is 0.131. The van der Waals surface area contributed by atoms with Crippen LogP contribution in [-0.4, -0.2) is 47.0 Å². The molecule has 2 aliphatic rings. The van der Waals surface area contributed by atoms with Gasteiger partial charge in [0, 0.05) is 19.6 Å². The van der Waals surface area contributed by atoms with Crippen LogP contribution in [0.15, 0.2) is 17.0 Å². The minimum Gasteiger partial charge on any atom is -0.397 e. The molecule has 0 amide bonds. The van der Waals surface area contributed by atoms with Crippen molar-refractivity contribution < 1.29 is 13.2 Å². The quantitative estimate of drug-likeness (QED) is 0.721. The first-order valence-electron chi connectivity index (χ1n) is 6.31. The summed E-state index contributed by atoms with van der Waals surface area (Å²) in [7, 11) is -3.20. The molecular formula is C12H17N3O3S. The van der Waals surface area contributed by atoms with Crippen LogP contribution in [0.5, 0.6) is 0 Å². The fraction of sp³-hybridized carbons (Fsp3) is 0.500. The van der Waals surface area contributed by atoms with Crippen molar-refractivity contribution in [1.82, 2.24) is 0 Å². The van der Waals surface area contributed by atoms with Crippen LogP contribution in [0.1, 0.15) is 0 Å². The Bertz CT molecular complexity index is 594. The number of anilines is 3. The number of nitrogens with zero attached hydrogens (tertiary/aromatic N) is 1. The van der Waals surface area contributed by atoms with Crippen molar-refractivity contribution in [3.63, 3.8) is 0 Å². The minimum absolute atomic E-state index is 0.131. The van der Waals surface area contributed by atoms with E-state index in [1.807, 2.05) is 0 Å². The molecule has 0 aromatic heterocycles. The Morgan fingerprint density at radius 3 is 2.74 bits per heavy atom. The molecule has 0 spiro atoms. The third-order valence-electron chi connectivity index (χ3n) is 3.50. The minimum atomic E-state index is -3.20. The normalized spacial score (nSPS) is 21.6. The molecule has 19 heavy (non-hydrogen) atoms. The molecule has 0 radical (unpaired) electrons. The van der Waals surface area contributed by atoms with E-state index < -0.39 is 9.84 Å². The fourth-order valence-electron chi connectivity index (χ4n) is 2.49. The summed E-state index contributed by atoms with van der Waals surface area (Å²) in [6.45, 7) is 3.18. The Morgan fingerprint density at radius 1 is 1.26 bits per heavy atom. The summed E-state index contributed by atoms with van der Waals surface area (Å²) in [6.07, 6.45) is 0. The third-order valence-corrected chi connectivity index (χ3v) is 5.25. The third kappa shape index (κ3) is 2.23. The van der Waals surface area contributed by atoms with E-state index in [2.05, 4.69) is 10.2 Å². The first-order valence-corrected chi connectivity index (χ1v) is 7.96. The van der Waals surface area contributed by atoms with Crippen LogP contribution in [0.25, 0.3) is 0 Å². The van der Waals surface area contributed by atoms with Crippen LogP contribution in [-0.2, 0) is 14.6 Å². The summed E-state index contributed by atoms with van der Waals surface area (Å²) in [5, 5.41) is 3.09. The summed E-state index contributed by atoms with van der Waals surface area (Å²) in [6, 6.07) is 3.41. The lowest BCUT2D eigenvalue weighted by Gasteiger charge is -2.31. The summed E-state index contributed by atoms with van der Waals surface area (Å²) in [5.41, 5.74) is 8.05. The summed E-state index contributed by atoms with van der Waals surface area (Å²) >= 11 is 0. The molecule has 0 unspecified atom stereocenters. The van der Waals surface area contributed by atoms with Gasteiger partial charge in [-0.15, -0.1) is 0 Å². The van der Waals surface area contributed by atoms with Crippen LogP contribution >= 0.6 is 0 Å². The largest absolute Gasteiger partial charge is 0.397 e. The second-order valence-corrected chi connectivity index (χ2v) is 6.83. The van der Waals surface area contributed by atoms with Gasteiger partial charge in [-0.2, -0.15) is 0 Å². The molecule has 1 aromatic carbocycles. The van der Waals surface area contributed by atoms with Crippen LogP contribution in [0, 0.1) is 0 Å². The number of ether oxygens (including phenoxy) is 1. The summed E-state index contributed by atoms with van der Waals surface area (Å²) in [4.78, 5) is 2.43. The number of nitrogens with two attached hydrogens (primary N) is 1. The van der Waals surface area contributed by atoms with Gasteiger partial charge in [0.15, 0.2) is 9.84 Å². The molecule has 2 heterocycles. The van der Waals surface area contributed by atoms with Gasteiger partial charge in [-0.1, -0.05) is 0 Å². The van der Waals surface area contributed by atoms with Crippen LogP contribution in [0.3, 0.4) is 0 Å². The van der Waals surface area contributed by atoms with E-state index in [-0.39, 0.29) is 5.75 Å². The van der Waals surface area contributed by atoms with Crippen molar-refractivity contribution in [2.24, 2.45) is 0 Å². The Labute approximate surface area is 112 Å². The van der Waals surface area contributed by atoms with Crippen LogP contribution in [0.2, 0.25) is 0 Å². The number of hydrogen-bond acceptors (Lipinski definition) is 6. The molecule has 1 fully saturated rings. The average molecular weight is 283 g/mol. The Hall–Kier alpha value is -1.47. The Kier molecular flexibility index (Phi) is 3.02. The maximum Gasteiger partial charge on any atom is 0.182 e. The van der Waals surface area contributed by atoms with Crippen molar-refractivity contribution in [1.29, 1.82) is 0 Å². The zero-order valence-corrected chi connectivity index (χ0v) is 11.4. The maximum absolute atomic E-state index is 12.1. The molecule has 1 aromatic rings. The Morgan fingerprint density at radius 2 is 2.00 bits per heavy atom. The van der Waals surface area contributed by atoms with E-state index in [4.69, 9.17) is 10.5 Å². The molecular weight excluding hydrogens is 266 g/mol. The summed E-state index contributed by atoms with van der Waals surface area (Å²) < 4.78 is 29.5. The van der Waals surface area contributed by atoms with Crippen molar-refractivity contribution in [3.8, 4) is 0 Å². The van der Waals surface area contributed by atoms with Gasteiger partial charge in [0.1, 0.15) is 0 Å². The van der Waals surface area contributed by atoms with Gasteiger partial charge < -0.3 is 20.7 Å². The van der Waals surface area contributed by atoms with Crippen molar-refractivity contribution in [2.45, 2.75) is 4.90 Å². The predicted molar refractivity (Wildman–Crippen MR) is 74.4 cm³/mol. The second-order valence-electron chi connectivity index (χ2n) is 4.75. The first-order chi connectivity index (χ1) is 9.08. The molecule has 0 aliphatic carbocycles. The standard InChI is InChI=1S/C12H17N3O3S/c13-9-7-10-12(19(16,17)6-1-14-10)8-11(9)15-2-4-18-5-3-15/h7-8,14H,1-6,13H2. The van der Waals surface area contributed by atoms with Gasteiger partial charge >= 0.3 is 0 Å². The zero-order valence-electron chi connectivity index (χ0n) is 10.6. The number of nitrogens with one attached hydrogen (secondary N) is 1. The highest BCUT2D eigenvalue weighted by Gasteiger charge is 2.26. The second kappa shape index (κ2) is 4.57. The van der Waals surface area contributed by atoms with Gasteiger partial charge in [0.25, 0.3) is 0 Å². The average Bonchev–Trinajstić information content (AvgIpc) is 2.38. The van der Waals surface area contributed by atoms with E-state index in [0.29, 0.717) is 36.0 Å². The van der Waals surface area contributed by atoms with E-state index in [1.165, 1.54) is 0 Å². The van der Waals surface area contributed by atoms with Crippen molar-refractivity contribution in [3.05, 3.63) is 12.1 Å². The highest BCUT2D eigenvalue weighted by atomic mass is 32.2. The smallest absolute Gasteiger partial charge is 0.182 e.